The van der Waals surface area contributed by atoms with E-state index >= 15 is 0 Å². The predicted octanol–water partition coefficient (Wildman–Crippen LogP) is 3.97. The maximum Gasteiger partial charge on any atom is 0.258 e. The number of carbonyl (C=O) groups is 2. The summed E-state index contributed by atoms with van der Waals surface area (Å²) in [5, 5.41) is 7.85. The molecule has 1 aromatic heterocycles. The number of rotatable bonds is 7. The summed E-state index contributed by atoms with van der Waals surface area (Å²) < 4.78 is 1.67. The number of nitrogens with zero attached hydrogens (tertiary/aromatic N) is 3. The smallest absolute Gasteiger partial charge is 0.258 e. The van der Waals surface area contributed by atoms with Crippen molar-refractivity contribution in [1.29, 1.82) is 0 Å². The number of amides is 2. The van der Waals surface area contributed by atoms with Crippen molar-refractivity contribution in [3.8, 4) is 0 Å². The third-order valence-corrected chi connectivity index (χ3v) is 6.03. The van der Waals surface area contributed by atoms with Crippen molar-refractivity contribution < 1.29 is 9.59 Å². The molecule has 3 rings (SSSR count). The lowest BCUT2D eigenvalue weighted by atomic mass is 9.96. The van der Waals surface area contributed by atoms with Crippen molar-refractivity contribution in [2.75, 3.05) is 19.6 Å². The fraction of sp³-hybridized carbons (Fsp3) is 0.522. The number of hydrogen-bond donors (Lipinski definition) is 1. The molecular formula is C23H31ClN4O2. The molecule has 2 aromatic rings. The van der Waals surface area contributed by atoms with E-state index in [1.165, 1.54) is 5.56 Å². The van der Waals surface area contributed by atoms with Crippen molar-refractivity contribution >= 4 is 23.4 Å². The Morgan fingerprint density at radius 2 is 1.97 bits per heavy atom. The topological polar surface area (TPSA) is 67.2 Å². The molecule has 1 aliphatic heterocycles. The summed E-state index contributed by atoms with van der Waals surface area (Å²) in [5.74, 6) is -0.265. The number of unbranched alkanes of at least 4 members (excludes halogenated alkanes) is 1. The highest BCUT2D eigenvalue weighted by molar-refractivity contribution is 6.33. The van der Waals surface area contributed by atoms with Crippen LogP contribution in [0.2, 0.25) is 5.15 Å². The van der Waals surface area contributed by atoms with Crippen molar-refractivity contribution in [3.05, 3.63) is 51.8 Å². The molecule has 6 nitrogen and oxygen atoms in total. The van der Waals surface area contributed by atoms with Crippen LogP contribution in [0.3, 0.4) is 0 Å². The van der Waals surface area contributed by atoms with Gasteiger partial charge in [-0.15, -0.1) is 0 Å². The minimum Gasteiger partial charge on any atom is -0.356 e. The highest BCUT2D eigenvalue weighted by atomic mass is 35.5. The SMILES string of the molecule is CCCCNC(=O)C1CCCN(C(=O)c2c(C)nn(Cc3ccc(C)cc3)c2Cl)C1. The van der Waals surface area contributed by atoms with Gasteiger partial charge in [0.25, 0.3) is 5.91 Å². The fourth-order valence-electron chi connectivity index (χ4n) is 3.83. The molecule has 0 aliphatic carbocycles. The second-order valence-corrected chi connectivity index (χ2v) is 8.49. The lowest BCUT2D eigenvalue weighted by Gasteiger charge is -2.32. The summed E-state index contributed by atoms with van der Waals surface area (Å²) in [6, 6.07) is 8.17. The molecule has 1 fully saturated rings. The molecule has 162 valence electrons. The zero-order chi connectivity index (χ0) is 21.7. The van der Waals surface area contributed by atoms with Gasteiger partial charge in [0, 0.05) is 19.6 Å². The van der Waals surface area contributed by atoms with Crippen LogP contribution in [0, 0.1) is 19.8 Å². The van der Waals surface area contributed by atoms with Gasteiger partial charge in [0.1, 0.15) is 5.15 Å². The molecule has 2 amide bonds. The van der Waals surface area contributed by atoms with Gasteiger partial charge in [-0.2, -0.15) is 5.10 Å². The molecule has 7 heteroatoms. The summed E-state index contributed by atoms with van der Waals surface area (Å²) in [4.78, 5) is 27.4. The summed E-state index contributed by atoms with van der Waals surface area (Å²) in [5.41, 5.74) is 3.32. The number of aromatic nitrogens is 2. The molecule has 2 heterocycles. The molecule has 30 heavy (non-hydrogen) atoms. The second-order valence-electron chi connectivity index (χ2n) is 8.13. The number of likely N-dealkylation sites (tertiary alicyclic amines) is 1. The molecule has 1 atom stereocenters. The van der Waals surface area contributed by atoms with E-state index in [0.29, 0.717) is 42.6 Å². The first-order chi connectivity index (χ1) is 14.4. The van der Waals surface area contributed by atoms with E-state index in [1.54, 1.807) is 9.58 Å². The first-order valence-electron chi connectivity index (χ1n) is 10.8. The maximum atomic E-state index is 13.2. The molecule has 1 saturated heterocycles. The number of halogens is 1. The predicted molar refractivity (Wildman–Crippen MR) is 119 cm³/mol. The van der Waals surface area contributed by atoms with E-state index in [0.717, 1.165) is 31.2 Å². The van der Waals surface area contributed by atoms with E-state index in [4.69, 9.17) is 11.6 Å². The summed E-state index contributed by atoms with van der Waals surface area (Å²) >= 11 is 6.58. The molecule has 1 unspecified atom stereocenters. The highest BCUT2D eigenvalue weighted by Gasteiger charge is 2.31. The van der Waals surface area contributed by atoms with E-state index < -0.39 is 0 Å². The van der Waals surface area contributed by atoms with Gasteiger partial charge in [0.2, 0.25) is 5.91 Å². The van der Waals surface area contributed by atoms with Gasteiger partial charge < -0.3 is 10.2 Å². The Bertz CT molecular complexity index is 891. The minimum absolute atomic E-state index is 0.0406. The molecular weight excluding hydrogens is 400 g/mol. The van der Waals surface area contributed by atoms with E-state index in [9.17, 15) is 9.59 Å². The van der Waals surface area contributed by atoms with Crippen LogP contribution >= 0.6 is 11.6 Å². The van der Waals surface area contributed by atoms with Crippen LogP contribution in [0.1, 0.15) is 59.8 Å². The summed E-state index contributed by atoms with van der Waals surface area (Å²) in [7, 11) is 0. The monoisotopic (exact) mass is 430 g/mol. The maximum absolute atomic E-state index is 13.2. The van der Waals surface area contributed by atoms with Gasteiger partial charge in [-0.1, -0.05) is 54.8 Å². The molecule has 1 N–H and O–H groups in total. The fourth-order valence-corrected chi connectivity index (χ4v) is 4.15. The minimum atomic E-state index is -0.166. The quantitative estimate of drug-likeness (QED) is 0.676. The van der Waals surface area contributed by atoms with E-state index in [2.05, 4.69) is 17.3 Å². The Labute approximate surface area is 183 Å². The lowest BCUT2D eigenvalue weighted by Crippen LogP contribution is -2.45. The van der Waals surface area contributed by atoms with Crippen LogP contribution in [0.15, 0.2) is 24.3 Å². The summed E-state index contributed by atoms with van der Waals surface area (Å²) in [6.45, 7) is 8.21. The average molecular weight is 431 g/mol. The largest absolute Gasteiger partial charge is 0.356 e. The Hall–Kier alpha value is -2.34. The van der Waals surface area contributed by atoms with Crippen molar-refractivity contribution in [1.82, 2.24) is 20.0 Å². The van der Waals surface area contributed by atoms with Crippen LogP contribution in [0.25, 0.3) is 0 Å². The van der Waals surface area contributed by atoms with Gasteiger partial charge >= 0.3 is 0 Å². The number of benzene rings is 1. The average Bonchev–Trinajstić information content (AvgIpc) is 3.02. The normalized spacial score (nSPS) is 16.5. The van der Waals surface area contributed by atoms with E-state index in [-0.39, 0.29) is 17.7 Å². The van der Waals surface area contributed by atoms with Gasteiger partial charge in [-0.3, -0.25) is 9.59 Å². The summed E-state index contributed by atoms with van der Waals surface area (Å²) in [6.07, 6.45) is 3.63. The highest BCUT2D eigenvalue weighted by Crippen LogP contribution is 2.25. The Balaban J connectivity index is 1.70. The lowest BCUT2D eigenvalue weighted by molar-refractivity contribution is -0.126. The zero-order valence-corrected chi connectivity index (χ0v) is 18.8. The van der Waals surface area contributed by atoms with Crippen LogP contribution < -0.4 is 5.32 Å². The molecule has 0 spiro atoms. The Morgan fingerprint density at radius 1 is 1.23 bits per heavy atom. The van der Waals surface area contributed by atoms with Gasteiger partial charge in [-0.25, -0.2) is 4.68 Å². The number of piperidine rings is 1. The van der Waals surface area contributed by atoms with Gasteiger partial charge in [-0.05, 0) is 38.7 Å². The van der Waals surface area contributed by atoms with Crippen LogP contribution in [0.4, 0.5) is 0 Å². The second kappa shape index (κ2) is 10.1. The van der Waals surface area contributed by atoms with Crippen LogP contribution in [0.5, 0.6) is 0 Å². The van der Waals surface area contributed by atoms with Crippen LogP contribution in [-0.2, 0) is 11.3 Å². The first kappa shape index (κ1) is 22.3. The Morgan fingerprint density at radius 3 is 2.67 bits per heavy atom. The third-order valence-electron chi connectivity index (χ3n) is 5.64. The van der Waals surface area contributed by atoms with Crippen LogP contribution in [-0.4, -0.2) is 46.1 Å². The Kier molecular flexibility index (Phi) is 7.53. The van der Waals surface area contributed by atoms with Gasteiger partial charge in [0.05, 0.1) is 23.7 Å². The van der Waals surface area contributed by atoms with Crippen molar-refractivity contribution in [2.24, 2.45) is 5.92 Å². The molecule has 0 radical (unpaired) electrons. The number of nitrogens with one attached hydrogen (secondary N) is 1. The van der Waals surface area contributed by atoms with Gasteiger partial charge in [0.15, 0.2) is 0 Å². The van der Waals surface area contributed by atoms with Crippen molar-refractivity contribution in [2.45, 2.75) is 53.0 Å². The molecule has 1 aromatic carbocycles. The van der Waals surface area contributed by atoms with E-state index in [1.807, 2.05) is 38.1 Å². The number of hydrogen-bond acceptors (Lipinski definition) is 3. The first-order valence-corrected chi connectivity index (χ1v) is 11.1. The van der Waals surface area contributed by atoms with Crippen molar-refractivity contribution in [3.63, 3.8) is 0 Å². The number of carbonyl (C=O) groups excluding carboxylic acids is 2. The standard InChI is InChI=1S/C23H31ClN4O2/c1-4-5-12-25-22(29)19-7-6-13-27(15-19)23(30)20-17(3)26-28(21(20)24)14-18-10-8-16(2)9-11-18/h8-11,19H,4-7,12-15H2,1-3H3,(H,25,29). The third kappa shape index (κ3) is 5.22. The number of aryl methyl sites for hydroxylation is 2. The zero-order valence-electron chi connectivity index (χ0n) is 18.1. The molecule has 0 bridgehead atoms. The molecule has 1 aliphatic rings. The molecule has 0 saturated carbocycles.